The molecule has 5 heteroatoms. The van der Waals surface area contributed by atoms with E-state index in [9.17, 15) is 4.79 Å². The average molecular weight is 291 g/mol. The van der Waals surface area contributed by atoms with Gasteiger partial charge in [-0.3, -0.25) is 0 Å². The van der Waals surface area contributed by atoms with Crippen LogP contribution in [0, 0.1) is 6.92 Å². The maximum atomic E-state index is 10.9. The number of carbonyl (C=O) groups is 1. The first kappa shape index (κ1) is 14.6. The van der Waals surface area contributed by atoms with Crippen LogP contribution >= 0.6 is 11.3 Å². The van der Waals surface area contributed by atoms with Crippen molar-refractivity contribution in [2.75, 3.05) is 13.2 Å². The topological polar surface area (TPSA) is 58.6 Å². The Bertz CT molecular complexity index is 566. The normalized spacial score (nSPS) is 10.4. The third kappa shape index (κ3) is 4.08. The number of rotatable bonds is 7. The lowest BCUT2D eigenvalue weighted by Gasteiger charge is -2.07. The summed E-state index contributed by atoms with van der Waals surface area (Å²) in [7, 11) is 0. The van der Waals surface area contributed by atoms with Crippen LogP contribution in [0.25, 0.3) is 0 Å². The van der Waals surface area contributed by atoms with Gasteiger partial charge in [0.15, 0.2) is 0 Å². The first-order valence-corrected chi connectivity index (χ1v) is 7.19. The molecule has 0 amide bonds. The standard InChI is InChI=1S/C15H17NO3S/c1-11-12(9-14(20-11)15(17)18)10-16-7-8-19-13-5-3-2-4-6-13/h2-6,9,16H,7-8,10H2,1H3,(H,17,18). The minimum atomic E-state index is -0.864. The van der Waals surface area contributed by atoms with Crippen molar-refractivity contribution in [3.05, 3.63) is 51.7 Å². The van der Waals surface area contributed by atoms with Gasteiger partial charge >= 0.3 is 5.97 Å². The summed E-state index contributed by atoms with van der Waals surface area (Å²) in [5.41, 5.74) is 1.03. The van der Waals surface area contributed by atoms with Gasteiger partial charge in [-0.15, -0.1) is 11.3 Å². The second-order valence-corrected chi connectivity index (χ2v) is 5.59. The smallest absolute Gasteiger partial charge is 0.345 e. The molecule has 1 aromatic heterocycles. The van der Waals surface area contributed by atoms with Crippen molar-refractivity contribution in [1.82, 2.24) is 5.32 Å². The first-order chi connectivity index (χ1) is 9.66. The lowest BCUT2D eigenvalue weighted by Crippen LogP contribution is -2.20. The molecule has 2 aromatic rings. The van der Waals surface area contributed by atoms with E-state index in [1.165, 1.54) is 11.3 Å². The van der Waals surface area contributed by atoms with Crippen molar-refractivity contribution in [1.29, 1.82) is 0 Å². The minimum Gasteiger partial charge on any atom is -0.492 e. The molecule has 106 valence electrons. The number of aryl methyl sites for hydroxylation is 1. The molecule has 4 nitrogen and oxygen atoms in total. The summed E-state index contributed by atoms with van der Waals surface area (Å²) in [5, 5.41) is 12.2. The van der Waals surface area contributed by atoms with Crippen LogP contribution in [0.2, 0.25) is 0 Å². The van der Waals surface area contributed by atoms with Crippen molar-refractivity contribution in [2.45, 2.75) is 13.5 Å². The van der Waals surface area contributed by atoms with Crippen LogP contribution in [-0.4, -0.2) is 24.2 Å². The lowest BCUT2D eigenvalue weighted by molar-refractivity contribution is 0.0702. The van der Waals surface area contributed by atoms with Crippen molar-refractivity contribution < 1.29 is 14.6 Å². The summed E-state index contributed by atoms with van der Waals surface area (Å²) in [4.78, 5) is 12.3. The second kappa shape index (κ2) is 7.07. The minimum absolute atomic E-state index is 0.389. The molecular weight excluding hydrogens is 274 g/mol. The van der Waals surface area contributed by atoms with Gasteiger partial charge in [-0.2, -0.15) is 0 Å². The molecular formula is C15H17NO3S. The molecule has 0 saturated carbocycles. The molecule has 0 aliphatic heterocycles. The predicted molar refractivity (Wildman–Crippen MR) is 79.7 cm³/mol. The molecule has 1 aromatic carbocycles. The number of hydrogen-bond donors (Lipinski definition) is 2. The highest BCUT2D eigenvalue weighted by atomic mass is 32.1. The van der Waals surface area contributed by atoms with E-state index in [4.69, 9.17) is 9.84 Å². The molecule has 0 bridgehead atoms. The fourth-order valence-electron chi connectivity index (χ4n) is 1.78. The van der Waals surface area contributed by atoms with Crippen molar-refractivity contribution in [3.63, 3.8) is 0 Å². The number of ether oxygens (including phenoxy) is 1. The molecule has 2 rings (SSSR count). The van der Waals surface area contributed by atoms with Crippen LogP contribution in [0.1, 0.15) is 20.1 Å². The molecule has 0 spiro atoms. The van der Waals surface area contributed by atoms with Gasteiger partial charge in [-0.25, -0.2) is 4.79 Å². The maximum absolute atomic E-state index is 10.9. The number of nitrogens with one attached hydrogen (secondary N) is 1. The lowest BCUT2D eigenvalue weighted by atomic mass is 10.2. The first-order valence-electron chi connectivity index (χ1n) is 6.38. The van der Waals surface area contributed by atoms with Gasteiger partial charge in [-0.1, -0.05) is 18.2 Å². The highest BCUT2D eigenvalue weighted by Crippen LogP contribution is 2.21. The van der Waals surface area contributed by atoms with Crippen molar-refractivity contribution in [2.24, 2.45) is 0 Å². The van der Waals surface area contributed by atoms with E-state index in [1.54, 1.807) is 6.07 Å². The zero-order chi connectivity index (χ0) is 14.4. The number of benzene rings is 1. The average Bonchev–Trinajstić information content (AvgIpc) is 2.81. The van der Waals surface area contributed by atoms with Gasteiger partial charge in [0.1, 0.15) is 17.2 Å². The Morgan fingerprint density at radius 3 is 2.75 bits per heavy atom. The van der Waals surface area contributed by atoms with E-state index in [-0.39, 0.29) is 0 Å². The summed E-state index contributed by atoms with van der Waals surface area (Å²) in [6.07, 6.45) is 0. The Balaban J connectivity index is 1.72. The van der Waals surface area contributed by atoms with E-state index >= 15 is 0 Å². The third-order valence-corrected chi connectivity index (χ3v) is 3.92. The number of para-hydroxylation sites is 1. The fourth-order valence-corrected chi connectivity index (χ4v) is 2.66. The Kier molecular flexibility index (Phi) is 5.15. The van der Waals surface area contributed by atoms with Crippen LogP contribution in [0.15, 0.2) is 36.4 Å². The molecule has 0 aliphatic carbocycles. The molecule has 1 heterocycles. The van der Waals surface area contributed by atoms with Crippen molar-refractivity contribution >= 4 is 17.3 Å². The highest BCUT2D eigenvalue weighted by Gasteiger charge is 2.10. The summed E-state index contributed by atoms with van der Waals surface area (Å²) in [6.45, 7) is 3.90. The third-order valence-electron chi connectivity index (χ3n) is 2.84. The molecule has 0 fully saturated rings. The highest BCUT2D eigenvalue weighted by molar-refractivity contribution is 7.14. The van der Waals surface area contributed by atoms with Crippen LogP contribution < -0.4 is 10.1 Å². The Morgan fingerprint density at radius 2 is 2.10 bits per heavy atom. The number of thiophene rings is 1. The Morgan fingerprint density at radius 1 is 1.35 bits per heavy atom. The van der Waals surface area contributed by atoms with Gasteiger partial charge in [0.2, 0.25) is 0 Å². The molecule has 0 saturated heterocycles. The van der Waals surface area contributed by atoms with E-state index in [2.05, 4.69) is 5.32 Å². The van der Waals surface area contributed by atoms with Crippen LogP contribution in [0.3, 0.4) is 0 Å². The van der Waals surface area contributed by atoms with Crippen LogP contribution in [-0.2, 0) is 6.54 Å². The second-order valence-electron chi connectivity index (χ2n) is 4.34. The summed E-state index contributed by atoms with van der Waals surface area (Å²) in [5.74, 6) is -0.00839. The molecule has 20 heavy (non-hydrogen) atoms. The number of aromatic carboxylic acids is 1. The summed E-state index contributed by atoms with van der Waals surface area (Å²) >= 11 is 1.31. The Labute approximate surface area is 122 Å². The van der Waals surface area contributed by atoms with Gasteiger partial charge in [-0.05, 0) is 30.7 Å². The zero-order valence-corrected chi connectivity index (χ0v) is 12.1. The van der Waals surface area contributed by atoms with E-state index in [0.717, 1.165) is 16.2 Å². The van der Waals surface area contributed by atoms with Gasteiger partial charge in [0, 0.05) is 18.0 Å². The van der Waals surface area contributed by atoms with Crippen LogP contribution in [0.4, 0.5) is 0 Å². The fraction of sp³-hybridized carbons (Fsp3) is 0.267. The molecule has 0 unspecified atom stereocenters. The Hall–Kier alpha value is -1.85. The molecule has 0 aliphatic rings. The zero-order valence-electron chi connectivity index (χ0n) is 11.3. The van der Waals surface area contributed by atoms with Gasteiger partial charge < -0.3 is 15.2 Å². The number of carboxylic acid groups (broad SMARTS) is 1. The summed E-state index contributed by atoms with van der Waals surface area (Å²) in [6, 6.07) is 11.4. The van der Waals surface area contributed by atoms with Crippen LogP contribution in [0.5, 0.6) is 5.75 Å². The SMILES string of the molecule is Cc1sc(C(=O)O)cc1CNCCOc1ccccc1. The quantitative estimate of drug-likeness (QED) is 0.770. The molecule has 0 radical (unpaired) electrons. The monoisotopic (exact) mass is 291 g/mol. The number of carboxylic acids is 1. The van der Waals surface area contributed by atoms with E-state index < -0.39 is 5.97 Å². The predicted octanol–water partition coefficient (Wildman–Crippen LogP) is 2.92. The largest absolute Gasteiger partial charge is 0.492 e. The summed E-state index contributed by atoms with van der Waals surface area (Å²) < 4.78 is 5.56. The maximum Gasteiger partial charge on any atom is 0.345 e. The van der Waals surface area contributed by atoms with Gasteiger partial charge in [0.05, 0.1) is 0 Å². The van der Waals surface area contributed by atoms with Gasteiger partial charge in [0.25, 0.3) is 0 Å². The number of hydrogen-bond acceptors (Lipinski definition) is 4. The van der Waals surface area contributed by atoms with E-state index in [0.29, 0.717) is 24.6 Å². The molecule has 2 N–H and O–H groups in total. The van der Waals surface area contributed by atoms with Crippen molar-refractivity contribution in [3.8, 4) is 5.75 Å². The van der Waals surface area contributed by atoms with E-state index in [1.807, 2.05) is 37.3 Å². The molecule has 0 atom stereocenters.